The molecular formula is C12H12F13I. The summed E-state index contributed by atoms with van der Waals surface area (Å²) in [6, 6.07) is 0. The summed E-state index contributed by atoms with van der Waals surface area (Å²) >= 11 is 1.17. The summed E-state index contributed by atoms with van der Waals surface area (Å²) in [7, 11) is 0. The third-order valence-corrected chi connectivity index (χ3v) is 5.71. The Labute approximate surface area is 152 Å². The average molecular weight is 530 g/mol. The number of rotatable bonds is 8. The highest BCUT2D eigenvalue weighted by atomic mass is 127. The van der Waals surface area contributed by atoms with Gasteiger partial charge in [0.25, 0.3) is 0 Å². The normalized spacial score (nSPS) is 16.2. The second-order valence-electron chi connectivity index (χ2n) is 5.53. The summed E-state index contributed by atoms with van der Waals surface area (Å²) in [5.74, 6) is -36.4. The molecule has 0 fully saturated rings. The van der Waals surface area contributed by atoms with Crippen molar-refractivity contribution in [2.24, 2.45) is 0 Å². The lowest BCUT2D eigenvalue weighted by atomic mass is 9.87. The molecule has 0 rings (SSSR count). The van der Waals surface area contributed by atoms with Gasteiger partial charge in [0.2, 0.25) is 0 Å². The van der Waals surface area contributed by atoms with E-state index in [2.05, 4.69) is 0 Å². The molecule has 0 unspecified atom stereocenters. The van der Waals surface area contributed by atoms with Crippen molar-refractivity contribution in [2.45, 2.75) is 72.3 Å². The van der Waals surface area contributed by atoms with Gasteiger partial charge in [0, 0.05) is 9.84 Å². The van der Waals surface area contributed by atoms with Crippen molar-refractivity contribution < 1.29 is 57.1 Å². The fraction of sp³-hybridized carbons (Fsp3) is 1.00. The van der Waals surface area contributed by atoms with E-state index >= 15 is 0 Å². The van der Waals surface area contributed by atoms with E-state index in [0.29, 0.717) is 0 Å². The van der Waals surface area contributed by atoms with E-state index in [0.717, 1.165) is 0 Å². The van der Waals surface area contributed by atoms with Gasteiger partial charge in [0.15, 0.2) is 0 Å². The molecule has 0 amide bonds. The zero-order valence-corrected chi connectivity index (χ0v) is 15.1. The molecule has 158 valence electrons. The largest absolute Gasteiger partial charge is 0.460 e. The summed E-state index contributed by atoms with van der Waals surface area (Å²) < 4.78 is 166. The maximum absolute atomic E-state index is 13.7. The molecule has 14 heteroatoms. The van der Waals surface area contributed by atoms with Crippen LogP contribution >= 0.6 is 22.6 Å². The first-order chi connectivity index (χ1) is 11.1. The van der Waals surface area contributed by atoms with Crippen LogP contribution in [0.2, 0.25) is 0 Å². The first kappa shape index (κ1) is 25.8. The Balaban J connectivity index is 6.25. The minimum atomic E-state index is -7.84. The van der Waals surface area contributed by atoms with Crippen molar-refractivity contribution in [1.29, 1.82) is 0 Å². The predicted octanol–water partition coefficient (Wildman–Crippen LogP) is 7.11. The lowest BCUT2D eigenvalue weighted by molar-refractivity contribution is -0.440. The molecule has 0 aliphatic carbocycles. The molecule has 0 heterocycles. The topological polar surface area (TPSA) is 0 Å². The Bertz CT molecular complexity index is 490. The highest BCUT2D eigenvalue weighted by Gasteiger charge is 2.90. The standard InChI is InChI=1S/C12H12F13I/c1-3-6(26,4-2)5-7(13,14)8(15,16)9(17,18)10(19,20)11(21,22)12(23,24)25/h3-5H2,1-2H3. The molecule has 0 saturated carbocycles. The highest BCUT2D eigenvalue weighted by molar-refractivity contribution is 14.1. The SMILES string of the molecule is CCC(I)(CC)CC(F)(F)C(F)(F)C(F)(F)C(F)(F)C(F)(F)C(F)(F)F. The van der Waals surface area contributed by atoms with Gasteiger partial charge in [-0.25, -0.2) is 0 Å². The summed E-state index contributed by atoms with van der Waals surface area (Å²) in [5, 5.41) is 0. The Morgan fingerprint density at radius 3 is 1.12 bits per heavy atom. The molecule has 0 nitrogen and oxygen atoms in total. The van der Waals surface area contributed by atoms with Crippen LogP contribution in [0.5, 0.6) is 0 Å². The summed E-state index contributed by atoms with van der Waals surface area (Å²) in [5.41, 5.74) is 0. The number of hydrogen-bond acceptors (Lipinski definition) is 0. The monoisotopic (exact) mass is 530 g/mol. The van der Waals surface area contributed by atoms with Crippen molar-refractivity contribution in [3.05, 3.63) is 0 Å². The molecule has 0 spiro atoms. The second kappa shape index (κ2) is 7.01. The van der Waals surface area contributed by atoms with Crippen LogP contribution in [-0.2, 0) is 0 Å². The van der Waals surface area contributed by atoms with Gasteiger partial charge in [-0.2, -0.15) is 57.1 Å². The number of halogens is 14. The first-order valence-electron chi connectivity index (χ1n) is 6.72. The average Bonchev–Trinajstić information content (AvgIpc) is 2.44. The minimum Gasteiger partial charge on any atom is -0.200 e. The molecule has 0 atom stereocenters. The summed E-state index contributed by atoms with van der Waals surface area (Å²) in [4.78, 5) is 0. The maximum atomic E-state index is 13.7. The Morgan fingerprint density at radius 2 is 0.846 bits per heavy atom. The van der Waals surface area contributed by atoms with Crippen LogP contribution in [0.1, 0.15) is 33.1 Å². The molecule has 0 bridgehead atoms. The summed E-state index contributed by atoms with van der Waals surface area (Å²) in [6.45, 7) is 2.35. The van der Waals surface area contributed by atoms with Crippen LogP contribution in [-0.4, -0.2) is 39.2 Å². The highest BCUT2D eigenvalue weighted by Crippen LogP contribution is 2.61. The van der Waals surface area contributed by atoms with Gasteiger partial charge in [-0.15, -0.1) is 0 Å². The number of alkyl halides is 14. The van der Waals surface area contributed by atoms with Gasteiger partial charge < -0.3 is 0 Å². The third kappa shape index (κ3) is 3.84. The number of hydrogen-bond donors (Lipinski definition) is 0. The molecule has 0 aliphatic heterocycles. The van der Waals surface area contributed by atoms with E-state index < -0.39 is 45.6 Å². The Kier molecular flexibility index (Phi) is 6.96. The molecule has 0 aromatic rings. The Hall–Kier alpha value is -0.180. The molecule has 0 N–H and O–H groups in total. The molecule has 0 aromatic heterocycles. The van der Waals surface area contributed by atoms with Crippen molar-refractivity contribution in [3.63, 3.8) is 0 Å². The maximum Gasteiger partial charge on any atom is 0.460 e. The lowest BCUT2D eigenvalue weighted by Crippen LogP contribution is -2.70. The van der Waals surface area contributed by atoms with Gasteiger partial charge >= 0.3 is 35.8 Å². The van der Waals surface area contributed by atoms with E-state index in [1.165, 1.54) is 36.4 Å². The van der Waals surface area contributed by atoms with E-state index in [-0.39, 0.29) is 12.8 Å². The van der Waals surface area contributed by atoms with E-state index in [9.17, 15) is 57.1 Å². The third-order valence-electron chi connectivity index (χ3n) is 3.80. The van der Waals surface area contributed by atoms with E-state index in [1.807, 2.05) is 0 Å². The van der Waals surface area contributed by atoms with Crippen LogP contribution in [0.4, 0.5) is 57.1 Å². The van der Waals surface area contributed by atoms with Gasteiger partial charge in [-0.1, -0.05) is 36.4 Å². The fourth-order valence-electron chi connectivity index (χ4n) is 1.81. The van der Waals surface area contributed by atoms with Gasteiger partial charge in [0.1, 0.15) is 0 Å². The fourth-order valence-corrected chi connectivity index (χ4v) is 2.29. The smallest absolute Gasteiger partial charge is 0.200 e. The molecule has 0 aliphatic rings. The Morgan fingerprint density at radius 1 is 0.538 bits per heavy atom. The summed E-state index contributed by atoms with van der Waals surface area (Å²) in [6.07, 6.45) is -10.2. The van der Waals surface area contributed by atoms with Gasteiger partial charge in [-0.3, -0.25) is 0 Å². The van der Waals surface area contributed by atoms with Crippen LogP contribution < -0.4 is 0 Å². The molecule has 0 radical (unpaired) electrons. The van der Waals surface area contributed by atoms with Crippen molar-refractivity contribution in [2.75, 3.05) is 0 Å². The molecule has 0 aromatic carbocycles. The van der Waals surface area contributed by atoms with Crippen LogP contribution in [0.15, 0.2) is 0 Å². The van der Waals surface area contributed by atoms with Crippen LogP contribution in [0.25, 0.3) is 0 Å². The van der Waals surface area contributed by atoms with Gasteiger partial charge in [-0.05, 0) is 12.8 Å². The first-order valence-corrected chi connectivity index (χ1v) is 7.80. The van der Waals surface area contributed by atoms with Crippen molar-refractivity contribution in [3.8, 4) is 0 Å². The predicted molar refractivity (Wildman–Crippen MR) is 72.7 cm³/mol. The van der Waals surface area contributed by atoms with E-state index in [4.69, 9.17) is 0 Å². The molecule has 0 saturated heterocycles. The zero-order valence-electron chi connectivity index (χ0n) is 12.9. The van der Waals surface area contributed by atoms with E-state index in [1.54, 1.807) is 0 Å². The van der Waals surface area contributed by atoms with Gasteiger partial charge in [0.05, 0.1) is 0 Å². The van der Waals surface area contributed by atoms with Crippen LogP contribution in [0, 0.1) is 0 Å². The quantitative estimate of drug-likeness (QED) is 0.178. The molecular weight excluding hydrogens is 518 g/mol. The van der Waals surface area contributed by atoms with Crippen molar-refractivity contribution in [1.82, 2.24) is 0 Å². The van der Waals surface area contributed by atoms with Crippen molar-refractivity contribution >= 4 is 22.6 Å². The lowest BCUT2D eigenvalue weighted by Gasteiger charge is -2.41. The zero-order chi connectivity index (χ0) is 21.6. The second-order valence-corrected chi connectivity index (χ2v) is 7.82. The van der Waals surface area contributed by atoms with Crippen LogP contribution in [0.3, 0.4) is 0 Å². The molecule has 26 heavy (non-hydrogen) atoms. The minimum absolute atomic E-state index is 0.323.